The summed E-state index contributed by atoms with van der Waals surface area (Å²) >= 11 is 0. The van der Waals surface area contributed by atoms with Crippen LogP contribution in [-0.2, 0) is 12.4 Å². The Morgan fingerprint density at radius 2 is 1.15 bits per heavy atom. The van der Waals surface area contributed by atoms with Gasteiger partial charge in [-0.3, -0.25) is 0 Å². The lowest BCUT2D eigenvalue weighted by atomic mass is 9.93. The fourth-order valence-corrected chi connectivity index (χ4v) is 2.43. The van der Waals surface area contributed by atoms with E-state index in [1.54, 1.807) is 0 Å². The van der Waals surface area contributed by atoms with Gasteiger partial charge in [-0.2, -0.15) is 26.3 Å². The molecule has 0 saturated carbocycles. The highest BCUT2D eigenvalue weighted by Crippen LogP contribution is 2.41. The molecule has 0 aliphatic rings. The zero-order valence-corrected chi connectivity index (χ0v) is 13.6. The SMILES string of the molecule is CC(C)c1cc(-c2c(F)c(F)c(C(F)(F)F)c(F)c2F)cc(C(F)(F)F)c1. The van der Waals surface area contributed by atoms with Gasteiger partial charge in [-0.1, -0.05) is 19.9 Å². The molecule has 0 saturated heterocycles. The summed E-state index contributed by atoms with van der Waals surface area (Å²) in [5.74, 6) is -10.9. The van der Waals surface area contributed by atoms with Gasteiger partial charge in [-0.05, 0) is 29.2 Å². The second-order valence-corrected chi connectivity index (χ2v) is 6.00. The molecule has 0 bridgehead atoms. The van der Waals surface area contributed by atoms with Gasteiger partial charge < -0.3 is 0 Å². The maximum atomic E-state index is 14.1. The minimum Gasteiger partial charge on any atom is -0.203 e. The monoisotopic (exact) mass is 404 g/mol. The van der Waals surface area contributed by atoms with Crippen molar-refractivity contribution in [3.8, 4) is 11.1 Å². The number of rotatable bonds is 2. The maximum absolute atomic E-state index is 14.1. The zero-order valence-electron chi connectivity index (χ0n) is 13.6. The van der Waals surface area contributed by atoms with Crippen LogP contribution in [-0.4, -0.2) is 0 Å². The van der Waals surface area contributed by atoms with E-state index in [1.165, 1.54) is 13.8 Å². The fraction of sp³-hybridized carbons (Fsp3) is 0.294. The highest BCUT2D eigenvalue weighted by Gasteiger charge is 2.42. The summed E-state index contributed by atoms with van der Waals surface area (Å²) in [6.07, 6.45) is -10.7. The van der Waals surface area contributed by atoms with Gasteiger partial charge in [0.2, 0.25) is 0 Å². The predicted octanol–water partition coefficient (Wildman–Crippen LogP) is 7.07. The molecule has 0 radical (unpaired) electrons. The fourth-order valence-electron chi connectivity index (χ4n) is 2.43. The molecule has 2 rings (SSSR count). The average molecular weight is 404 g/mol. The molecular weight excluding hydrogens is 394 g/mol. The van der Waals surface area contributed by atoms with E-state index in [9.17, 15) is 43.9 Å². The third-order valence-corrected chi connectivity index (χ3v) is 3.78. The summed E-state index contributed by atoms with van der Waals surface area (Å²) in [5.41, 5.74) is -6.83. The van der Waals surface area contributed by atoms with Crippen LogP contribution in [0.4, 0.5) is 43.9 Å². The molecular formula is C17H10F10. The van der Waals surface area contributed by atoms with Crippen LogP contribution in [0.25, 0.3) is 11.1 Å². The second kappa shape index (κ2) is 6.72. The molecule has 2 aromatic carbocycles. The lowest BCUT2D eigenvalue weighted by Crippen LogP contribution is -2.16. The van der Waals surface area contributed by atoms with Crippen LogP contribution in [0, 0.1) is 23.3 Å². The van der Waals surface area contributed by atoms with Crippen LogP contribution in [0.3, 0.4) is 0 Å². The van der Waals surface area contributed by atoms with E-state index >= 15 is 0 Å². The van der Waals surface area contributed by atoms with Crippen molar-refractivity contribution < 1.29 is 43.9 Å². The number of alkyl halides is 6. The van der Waals surface area contributed by atoms with Crippen molar-refractivity contribution in [3.05, 3.63) is 58.2 Å². The van der Waals surface area contributed by atoms with Gasteiger partial charge in [0.1, 0.15) is 5.56 Å². The van der Waals surface area contributed by atoms with Crippen molar-refractivity contribution in [3.63, 3.8) is 0 Å². The minimum absolute atomic E-state index is 0.0839. The molecule has 0 nitrogen and oxygen atoms in total. The Kier molecular flexibility index (Phi) is 5.24. The first-order valence-electron chi connectivity index (χ1n) is 7.32. The van der Waals surface area contributed by atoms with E-state index in [0.29, 0.717) is 6.07 Å². The van der Waals surface area contributed by atoms with E-state index in [0.717, 1.165) is 6.07 Å². The lowest BCUT2D eigenvalue weighted by Gasteiger charge is -2.17. The topological polar surface area (TPSA) is 0 Å². The van der Waals surface area contributed by atoms with Crippen molar-refractivity contribution in [2.45, 2.75) is 32.1 Å². The molecule has 2 aromatic rings. The summed E-state index contributed by atoms with van der Waals surface area (Å²) in [6.45, 7) is 2.89. The van der Waals surface area contributed by atoms with Crippen LogP contribution < -0.4 is 0 Å². The average Bonchev–Trinajstić information content (AvgIpc) is 2.51. The minimum atomic E-state index is -5.74. The summed E-state index contributed by atoms with van der Waals surface area (Å²) < 4.78 is 133. The van der Waals surface area contributed by atoms with Crippen molar-refractivity contribution in [1.82, 2.24) is 0 Å². The van der Waals surface area contributed by atoms with E-state index in [2.05, 4.69) is 0 Å². The molecule has 0 amide bonds. The molecule has 27 heavy (non-hydrogen) atoms. The van der Waals surface area contributed by atoms with E-state index in [4.69, 9.17) is 0 Å². The molecule has 0 aliphatic heterocycles. The number of benzene rings is 2. The van der Waals surface area contributed by atoms with Crippen LogP contribution in [0.15, 0.2) is 18.2 Å². The first-order valence-corrected chi connectivity index (χ1v) is 7.32. The number of hydrogen-bond acceptors (Lipinski definition) is 0. The standard InChI is InChI=1S/C17H10F10/c1-6(2)7-3-8(5-9(4-7)16(22,23)24)10-12(18)14(20)11(17(25,26)27)15(21)13(10)19/h3-6H,1-2H3. The van der Waals surface area contributed by atoms with E-state index in [1.807, 2.05) is 0 Å². The van der Waals surface area contributed by atoms with Gasteiger partial charge in [-0.25, -0.2) is 17.6 Å². The normalized spacial score (nSPS) is 12.8. The third-order valence-electron chi connectivity index (χ3n) is 3.78. The van der Waals surface area contributed by atoms with Crippen LogP contribution in [0.1, 0.15) is 36.5 Å². The molecule has 0 heterocycles. The Labute approximate surface area is 146 Å². The van der Waals surface area contributed by atoms with Gasteiger partial charge >= 0.3 is 12.4 Å². The molecule has 0 unspecified atom stereocenters. The number of halogens is 10. The molecule has 10 heteroatoms. The lowest BCUT2D eigenvalue weighted by molar-refractivity contribution is -0.143. The van der Waals surface area contributed by atoms with Crippen LogP contribution in [0.5, 0.6) is 0 Å². The van der Waals surface area contributed by atoms with E-state index in [-0.39, 0.29) is 11.6 Å². The molecule has 0 aliphatic carbocycles. The van der Waals surface area contributed by atoms with Crippen molar-refractivity contribution in [1.29, 1.82) is 0 Å². The van der Waals surface area contributed by atoms with Crippen LogP contribution in [0.2, 0.25) is 0 Å². The van der Waals surface area contributed by atoms with Gasteiger partial charge in [0.15, 0.2) is 23.3 Å². The zero-order chi connectivity index (χ0) is 20.9. The molecule has 0 aromatic heterocycles. The smallest absolute Gasteiger partial charge is 0.203 e. The summed E-state index contributed by atoms with van der Waals surface area (Å²) in [6, 6.07) is 1.70. The number of hydrogen-bond donors (Lipinski definition) is 0. The summed E-state index contributed by atoms with van der Waals surface area (Å²) in [5, 5.41) is 0. The molecule has 0 fully saturated rings. The molecule has 0 N–H and O–H groups in total. The summed E-state index contributed by atoms with van der Waals surface area (Å²) in [4.78, 5) is 0. The first-order chi connectivity index (χ1) is 12.2. The molecule has 0 atom stereocenters. The van der Waals surface area contributed by atoms with Crippen LogP contribution >= 0.6 is 0 Å². The van der Waals surface area contributed by atoms with Crippen molar-refractivity contribution in [2.24, 2.45) is 0 Å². The van der Waals surface area contributed by atoms with Gasteiger partial charge in [0.25, 0.3) is 0 Å². The quantitative estimate of drug-likeness (QED) is 0.371. The Morgan fingerprint density at radius 1 is 0.667 bits per heavy atom. The highest BCUT2D eigenvalue weighted by molar-refractivity contribution is 5.68. The Hall–Kier alpha value is -2.26. The Bertz CT molecular complexity index is 846. The molecule has 0 spiro atoms. The van der Waals surface area contributed by atoms with Gasteiger partial charge in [-0.15, -0.1) is 0 Å². The van der Waals surface area contributed by atoms with Crippen molar-refractivity contribution in [2.75, 3.05) is 0 Å². The van der Waals surface area contributed by atoms with Gasteiger partial charge in [0, 0.05) is 0 Å². The Balaban J connectivity index is 2.89. The van der Waals surface area contributed by atoms with E-state index < -0.39 is 63.8 Å². The predicted molar refractivity (Wildman–Crippen MR) is 75.8 cm³/mol. The summed E-state index contributed by atoms with van der Waals surface area (Å²) in [7, 11) is 0. The van der Waals surface area contributed by atoms with Gasteiger partial charge in [0.05, 0.1) is 11.1 Å². The third kappa shape index (κ3) is 3.89. The molecule has 148 valence electrons. The largest absolute Gasteiger partial charge is 0.422 e. The van der Waals surface area contributed by atoms with Crippen molar-refractivity contribution >= 4 is 0 Å². The second-order valence-electron chi connectivity index (χ2n) is 6.00. The Morgan fingerprint density at radius 3 is 1.52 bits per heavy atom. The highest BCUT2D eigenvalue weighted by atomic mass is 19.4. The maximum Gasteiger partial charge on any atom is 0.422 e. The first kappa shape index (κ1) is 21.0.